The Morgan fingerprint density at radius 1 is 1.10 bits per heavy atom. The average molecular weight is 526 g/mol. The lowest BCUT2D eigenvalue weighted by Crippen LogP contribution is -2.13. The molecule has 1 amide bonds. The number of benzene rings is 3. The standard InChI is InChI=1S/C30H28FN5O3/c1-4-38-28-17-26-23(16-27(28)34-29(37)11-8-14-36(2)3)30(20(18-32)19-33-26)35-25-13-12-22(15-24(25)31)39-21-9-6-5-7-10-21/h5-13,15-17,19H,4,14H2,1-3H3,(H,33,35)(H,34,37)/b11-8+. The van der Waals surface area contributed by atoms with Crippen LogP contribution in [0.1, 0.15) is 12.5 Å². The molecule has 0 aliphatic rings. The zero-order valence-corrected chi connectivity index (χ0v) is 21.9. The number of halogens is 1. The van der Waals surface area contributed by atoms with Gasteiger partial charge < -0.3 is 25.0 Å². The molecule has 0 aliphatic heterocycles. The van der Waals surface area contributed by atoms with Gasteiger partial charge in [-0.2, -0.15) is 5.26 Å². The summed E-state index contributed by atoms with van der Waals surface area (Å²) in [5.74, 6) is 0.439. The summed E-state index contributed by atoms with van der Waals surface area (Å²) in [6, 6.07) is 18.9. The summed E-state index contributed by atoms with van der Waals surface area (Å²) in [6.45, 7) is 2.81. The van der Waals surface area contributed by atoms with E-state index < -0.39 is 5.82 Å². The molecule has 9 heteroatoms. The highest BCUT2D eigenvalue weighted by Crippen LogP contribution is 2.37. The highest BCUT2D eigenvalue weighted by atomic mass is 19.1. The first-order chi connectivity index (χ1) is 18.9. The number of fused-ring (bicyclic) bond motifs is 1. The predicted molar refractivity (Wildman–Crippen MR) is 150 cm³/mol. The number of nitrogens with one attached hydrogen (secondary N) is 2. The van der Waals surface area contributed by atoms with Gasteiger partial charge in [0.2, 0.25) is 5.91 Å². The molecule has 8 nitrogen and oxygen atoms in total. The van der Waals surface area contributed by atoms with Gasteiger partial charge in [0.1, 0.15) is 29.1 Å². The summed E-state index contributed by atoms with van der Waals surface area (Å²) in [6.07, 6.45) is 4.60. The number of amides is 1. The number of nitrogens with zero attached hydrogens (tertiary/aromatic N) is 3. The third-order valence-corrected chi connectivity index (χ3v) is 5.57. The second-order valence-corrected chi connectivity index (χ2v) is 8.79. The molecule has 0 radical (unpaired) electrons. The summed E-state index contributed by atoms with van der Waals surface area (Å²) in [5, 5.41) is 16.2. The van der Waals surface area contributed by atoms with Gasteiger partial charge in [0, 0.05) is 36.3 Å². The smallest absolute Gasteiger partial charge is 0.248 e. The molecule has 0 spiro atoms. The number of pyridine rings is 1. The Morgan fingerprint density at radius 3 is 2.59 bits per heavy atom. The average Bonchev–Trinajstić information content (AvgIpc) is 2.91. The van der Waals surface area contributed by atoms with Crippen LogP contribution in [0.15, 0.2) is 79.0 Å². The zero-order chi connectivity index (χ0) is 27.8. The van der Waals surface area contributed by atoms with Crippen LogP contribution in [0.4, 0.5) is 21.5 Å². The van der Waals surface area contributed by atoms with Crippen LogP contribution in [0.3, 0.4) is 0 Å². The number of ether oxygens (including phenoxy) is 2. The number of carbonyl (C=O) groups excluding carboxylic acids is 1. The second kappa shape index (κ2) is 12.5. The summed E-state index contributed by atoms with van der Waals surface area (Å²) in [5.41, 5.74) is 1.60. The molecule has 0 saturated carbocycles. The van der Waals surface area contributed by atoms with E-state index in [4.69, 9.17) is 9.47 Å². The second-order valence-electron chi connectivity index (χ2n) is 8.79. The van der Waals surface area contributed by atoms with E-state index in [0.29, 0.717) is 52.7 Å². The molecular weight excluding hydrogens is 497 g/mol. The lowest BCUT2D eigenvalue weighted by atomic mass is 10.1. The molecule has 39 heavy (non-hydrogen) atoms. The Kier molecular flexibility index (Phi) is 8.71. The number of anilines is 3. The molecule has 0 atom stereocenters. The summed E-state index contributed by atoms with van der Waals surface area (Å²) >= 11 is 0. The van der Waals surface area contributed by atoms with E-state index in [1.165, 1.54) is 24.4 Å². The molecule has 0 bridgehead atoms. The fourth-order valence-electron chi connectivity index (χ4n) is 3.78. The monoisotopic (exact) mass is 525 g/mol. The molecule has 4 aromatic rings. The van der Waals surface area contributed by atoms with Gasteiger partial charge in [0.25, 0.3) is 0 Å². The molecule has 1 heterocycles. The van der Waals surface area contributed by atoms with Crippen molar-refractivity contribution in [2.45, 2.75) is 6.92 Å². The van der Waals surface area contributed by atoms with Crippen molar-refractivity contribution in [3.63, 3.8) is 0 Å². The van der Waals surface area contributed by atoms with Crippen LogP contribution in [0.25, 0.3) is 10.9 Å². The lowest BCUT2D eigenvalue weighted by molar-refractivity contribution is -0.111. The first kappa shape index (κ1) is 27.1. The van der Waals surface area contributed by atoms with E-state index >= 15 is 4.39 Å². The molecule has 4 rings (SSSR count). The van der Waals surface area contributed by atoms with E-state index in [1.54, 1.807) is 36.4 Å². The minimum Gasteiger partial charge on any atom is -0.492 e. The third-order valence-electron chi connectivity index (χ3n) is 5.57. The maximum Gasteiger partial charge on any atom is 0.248 e. The number of para-hydroxylation sites is 1. The molecule has 198 valence electrons. The number of likely N-dealkylation sites (N-methyl/N-ethyl adjacent to an activating group) is 1. The van der Waals surface area contributed by atoms with Gasteiger partial charge >= 0.3 is 0 Å². The summed E-state index contributed by atoms with van der Waals surface area (Å²) in [4.78, 5) is 18.9. The molecule has 1 aromatic heterocycles. The Bertz CT molecular complexity index is 1550. The fraction of sp³-hybridized carbons (Fsp3) is 0.167. The molecule has 0 unspecified atom stereocenters. The van der Waals surface area contributed by atoms with Gasteiger partial charge in [0.15, 0.2) is 0 Å². The Labute approximate surface area is 226 Å². The molecule has 0 fully saturated rings. The van der Waals surface area contributed by atoms with Gasteiger partial charge in [-0.3, -0.25) is 9.78 Å². The normalized spacial score (nSPS) is 11.0. The van der Waals surface area contributed by atoms with Gasteiger partial charge in [-0.05, 0) is 51.4 Å². The van der Waals surface area contributed by atoms with E-state index in [1.807, 2.05) is 44.1 Å². The van der Waals surface area contributed by atoms with Gasteiger partial charge in [-0.25, -0.2) is 4.39 Å². The van der Waals surface area contributed by atoms with Crippen LogP contribution in [0.5, 0.6) is 17.2 Å². The van der Waals surface area contributed by atoms with E-state index in [2.05, 4.69) is 21.7 Å². The van der Waals surface area contributed by atoms with Crippen LogP contribution in [-0.4, -0.2) is 43.0 Å². The number of hydrogen-bond donors (Lipinski definition) is 2. The first-order valence-electron chi connectivity index (χ1n) is 12.3. The van der Waals surface area contributed by atoms with Crippen LogP contribution in [-0.2, 0) is 4.79 Å². The van der Waals surface area contributed by atoms with Crippen molar-refractivity contribution in [2.75, 3.05) is 37.9 Å². The van der Waals surface area contributed by atoms with Crippen molar-refractivity contribution >= 4 is 33.9 Å². The van der Waals surface area contributed by atoms with Crippen LogP contribution in [0.2, 0.25) is 0 Å². The Morgan fingerprint density at radius 2 is 1.90 bits per heavy atom. The quantitative estimate of drug-likeness (QED) is 0.237. The van der Waals surface area contributed by atoms with Crippen LogP contribution >= 0.6 is 0 Å². The van der Waals surface area contributed by atoms with Crippen molar-refractivity contribution in [1.29, 1.82) is 5.26 Å². The largest absolute Gasteiger partial charge is 0.492 e. The number of aromatic nitrogens is 1. The van der Waals surface area contributed by atoms with Crippen molar-refractivity contribution in [3.05, 3.63) is 90.4 Å². The Balaban J connectivity index is 1.69. The van der Waals surface area contributed by atoms with E-state index in [9.17, 15) is 10.1 Å². The third kappa shape index (κ3) is 6.89. The SMILES string of the molecule is CCOc1cc2ncc(C#N)c(Nc3ccc(Oc4ccccc4)cc3F)c2cc1NC(=O)/C=C/CN(C)C. The summed E-state index contributed by atoms with van der Waals surface area (Å²) < 4.78 is 26.6. The maximum atomic E-state index is 15.1. The maximum absolute atomic E-state index is 15.1. The Hall–Kier alpha value is -4.94. The molecule has 2 N–H and O–H groups in total. The van der Waals surface area contributed by atoms with Crippen LogP contribution in [0, 0.1) is 17.1 Å². The molecule has 0 aliphatic carbocycles. The predicted octanol–water partition coefficient (Wildman–Crippen LogP) is 6.24. The number of nitriles is 1. The minimum atomic E-state index is -0.567. The minimum absolute atomic E-state index is 0.144. The van der Waals surface area contributed by atoms with Crippen molar-refractivity contribution in [3.8, 4) is 23.3 Å². The van der Waals surface area contributed by atoms with E-state index in [-0.39, 0.29) is 17.2 Å². The van der Waals surface area contributed by atoms with Crippen LogP contribution < -0.4 is 20.1 Å². The highest BCUT2D eigenvalue weighted by Gasteiger charge is 2.16. The topological polar surface area (TPSA) is 99.5 Å². The van der Waals surface area contributed by atoms with Gasteiger partial charge in [-0.1, -0.05) is 24.3 Å². The summed E-state index contributed by atoms with van der Waals surface area (Å²) in [7, 11) is 3.81. The highest BCUT2D eigenvalue weighted by molar-refractivity contribution is 6.04. The molecular formula is C30H28FN5O3. The van der Waals surface area contributed by atoms with Gasteiger partial charge in [0.05, 0.1) is 34.7 Å². The first-order valence-corrected chi connectivity index (χ1v) is 12.3. The number of carbonyl (C=O) groups is 1. The van der Waals surface area contributed by atoms with Crippen molar-refractivity contribution < 1.29 is 18.7 Å². The number of hydrogen-bond acceptors (Lipinski definition) is 7. The number of rotatable bonds is 10. The molecule has 3 aromatic carbocycles. The van der Waals surface area contributed by atoms with Crippen molar-refractivity contribution in [2.24, 2.45) is 0 Å². The zero-order valence-electron chi connectivity index (χ0n) is 21.9. The lowest BCUT2D eigenvalue weighted by Gasteiger charge is -2.16. The van der Waals surface area contributed by atoms with E-state index in [0.717, 1.165) is 0 Å². The fourth-order valence-corrected chi connectivity index (χ4v) is 3.78. The van der Waals surface area contributed by atoms with Crippen molar-refractivity contribution in [1.82, 2.24) is 9.88 Å². The van der Waals surface area contributed by atoms with Gasteiger partial charge in [-0.15, -0.1) is 0 Å². The molecule has 0 saturated heterocycles.